The average molecular weight is 291 g/mol. The Bertz CT molecular complexity index is 515. The number of aromatic nitrogens is 1. The van der Waals surface area contributed by atoms with E-state index in [-0.39, 0.29) is 18.0 Å². The summed E-state index contributed by atoms with van der Waals surface area (Å²) in [4.78, 5) is 16.1. The van der Waals surface area contributed by atoms with Gasteiger partial charge < -0.3 is 15.7 Å². The molecular formula is C12H16F3N3O2. The number of aliphatic hydroxyl groups excluding tert-OH is 1. The van der Waals surface area contributed by atoms with Crippen LogP contribution in [0.15, 0.2) is 12.1 Å². The molecule has 0 atom stereocenters. The molecule has 0 saturated heterocycles. The Balaban J connectivity index is 3.44. The second-order valence-corrected chi connectivity index (χ2v) is 4.96. The van der Waals surface area contributed by atoms with Gasteiger partial charge in [-0.25, -0.2) is 4.98 Å². The van der Waals surface area contributed by atoms with Crippen LogP contribution in [-0.2, 0) is 6.18 Å². The summed E-state index contributed by atoms with van der Waals surface area (Å²) in [7, 11) is 1.44. The number of carbonyl (C=O) groups is 1. The van der Waals surface area contributed by atoms with Gasteiger partial charge >= 0.3 is 6.18 Å². The zero-order chi connectivity index (χ0) is 15.7. The van der Waals surface area contributed by atoms with Gasteiger partial charge in [-0.2, -0.15) is 13.2 Å². The predicted molar refractivity (Wildman–Crippen MR) is 67.3 cm³/mol. The molecule has 3 N–H and O–H groups in total. The van der Waals surface area contributed by atoms with Gasteiger partial charge in [-0.3, -0.25) is 4.79 Å². The highest BCUT2D eigenvalue weighted by atomic mass is 19.4. The summed E-state index contributed by atoms with van der Waals surface area (Å²) in [5.41, 5.74) is 2.98. The maximum Gasteiger partial charge on any atom is 0.433 e. The van der Waals surface area contributed by atoms with Crippen LogP contribution in [0.5, 0.6) is 0 Å². The number of anilines is 1. The first-order chi connectivity index (χ1) is 9.00. The van der Waals surface area contributed by atoms with E-state index >= 15 is 0 Å². The zero-order valence-electron chi connectivity index (χ0n) is 11.3. The number of amides is 1. The third-order valence-electron chi connectivity index (χ3n) is 3.04. The minimum absolute atomic E-state index is 0.137. The van der Waals surface area contributed by atoms with Crippen molar-refractivity contribution < 1.29 is 23.1 Å². The molecule has 20 heavy (non-hydrogen) atoms. The second-order valence-electron chi connectivity index (χ2n) is 4.96. The summed E-state index contributed by atoms with van der Waals surface area (Å²) in [6, 6.07) is 1.68. The van der Waals surface area contributed by atoms with Crippen molar-refractivity contribution in [2.75, 3.05) is 18.6 Å². The highest BCUT2D eigenvalue weighted by Gasteiger charge is 2.35. The van der Waals surface area contributed by atoms with Crippen LogP contribution in [0.25, 0.3) is 0 Å². The molecule has 0 radical (unpaired) electrons. The number of primary amides is 1. The predicted octanol–water partition coefficient (Wildman–Crippen LogP) is 1.41. The fraction of sp³-hybridized carbons (Fsp3) is 0.500. The van der Waals surface area contributed by atoms with Crippen molar-refractivity contribution in [1.82, 2.24) is 4.98 Å². The Morgan fingerprint density at radius 1 is 1.40 bits per heavy atom. The molecule has 1 amide bonds. The van der Waals surface area contributed by atoms with E-state index in [4.69, 9.17) is 5.73 Å². The van der Waals surface area contributed by atoms with Crippen LogP contribution >= 0.6 is 0 Å². The Kier molecular flexibility index (Phi) is 4.28. The Hall–Kier alpha value is -1.83. The van der Waals surface area contributed by atoms with E-state index < -0.39 is 23.3 Å². The van der Waals surface area contributed by atoms with E-state index in [1.54, 1.807) is 13.8 Å². The number of nitrogens with zero attached hydrogens (tertiary/aromatic N) is 2. The summed E-state index contributed by atoms with van der Waals surface area (Å²) >= 11 is 0. The average Bonchev–Trinajstić information content (AvgIpc) is 2.35. The molecule has 1 heterocycles. The number of carbonyl (C=O) groups excluding carboxylic acids is 1. The number of halogens is 3. The van der Waals surface area contributed by atoms with Crippen molar-refractivity contribution in [3.8, 4) is 0 Å². The zero-order valence-corrected chi connectivity index (χ0v) is 11.3. The van der Waals surface area contributed by atoms with E-state index in [1.165, 1.54) is 11.9 Å². The normalized spacial score (nSPS) is 12.3. The second kappa shape index (κ2) is 5.28. The van der Waals surface area contributed by atoms with Crippen LogP contribution in [0.4, 0.5) is 19.0 Å². The molecule has 0 bridgehead atoms. The molecule has 1 aromatic rings. The smallest absolute Gasteiger partial charge is 0.394 e. The molecule has 0 aliphatic heterocycles. The van der Waals surface area contributed by atoms with Crippen LogP contribution in [0.1, 0.15) is 29.9 Å². The summed E-state index contributed by atoms with van der Waals surface area (Å²) in [6.45, 7) is 2.86. The van der Waals surface area contributed by atoms with E-state index in [0.717, 1.165) is 6.07 Å². The SMILES string of the molecule is CN(c1nc(C(F)(F)F)ccc1C(N)=O)C(C)(C)CO. The lowest BCUT2D eigenvalue weighted by Crippen LogP contribution is -2.45. The minimum Gasteiger partial charge on any atom is -0.394 e. The molecular weight excluding hydrogens is 275 g/mol. The third-order valence-corrected chi connectivity index (χ3v) is 3.04. The maximum atomic E-state index is 12.7. The summed E-state index contributed by atoms with van der Waals surface area (Å²) in [6.07, 6.45) is -4.63. The van der Waals surface area contributed by atoms with Crippen molar-refractivity contribution in [3.63, 3.8) is 0 Å². The lowest BCUT2D eigenvalue weighted by Gasteiger charge is -2.35. The molecule has 1 rings (SSSR count). The van der Waals surface area contributed by atoms with E-state index in [9.17, 15) is 23.1 Å². The molecule has 0 saturated carbocycles. The van der Waals surface area contributed by atoms with Crippen molar-refractivity contribution >= 4 is 11.7 Å². The summed E-state index contributed by atoms with van der Waals surface area (Å²) in [5.74, 6) is -1.10. The molecule has 5 nitrogen and oxygen atoms in total. The standard InChI is InChI=1S/C12H16F3N3O2/c1-11(2,6-19)18(3)10-7(9(16)20)4-5-8(17-10)12(13,14)15/h4-5,19H,6H2,1-3H3,(H2,16,20). The fourth-order valence-electron chi connectivity index (χ4n) is 1.45. The quantitative estimate of drug-likeness (QED) is 0.879. The topological polar surface area (TPSA) is 79.5 Å². The number of alkyl halides is 3. The Labute approximate surface area is 114 Å². The molecule has 1 aromatic heterocycles. The van der Waals surface area contributed by atoms with Gasteiger partial charge in [0.15, 0.2) is 0 Å². The van der Waals surface area contributed by atoms with Crippen molar-refractivity contribution in [1.29, 1.82) is 0 Å². The largest absolute Gasteiger partial charge is 0.433 e. The van der Waals surface area contributed by atoms with Crippen molar-refractivity contribution in [3.05, 3.63) is 23.4 Å². The van der Waals surface area contributed by atoms with Crippen LogP contribution in [0.3, 0.4) is 0 Å². The van der Waals surface area contributed by atoms with Crippen LogP contribution in [-0.4, -0.2) is 35.2 Å². The fourth-order valence-corrected chi connectivity index (χ4v) is 1.45. The van der Waals surface area contributed by atoms with Gasteiger partial charge in [0, 0.05) is 7.05 Å². The highest BCUT2D eigenvalue weighted by Crippen LogP contribution is 2.31. The van der Waals surface area contributed by atoms with Gasteiger partial charge in [-0.15, -0.1) is 0 Å². The van der Waals surface area contributed by atoms with Gasteiger partial charge in [0.25, 0.3) is 5.91 Å². The highest BCUT2D eigenvalue weighted by molar-refractivity contribution is 5.97. The molecule has 0 spiro atoms. The number of hydrogen-bond acceptors (Lipinski definition) is 4. The maximum absolute atomic E-state index is 12.7. The number of nitrogens with two attached hydrogens (primary N) is 1. The lowest BCUT2D eigenvalue weighted by molar-refractivity contribution is -0.141. The summed E-state index contributed by atoms with van der Waals surface area (Å²) in [5, 5.41) is 9.28. The van der Waals surface area contributed by atoms with E-state index in [0.29, 0.717) is 6.07 Å². The van der Waals surface area contributed by atoms with Gasteiger partial charge in [0.05, 0.1) is 17.7 Å². The first kappa shape index (κ1) is 16.2. The molecule has 0 fully saturated rings. The van der Waals surface area contributed by atoms with Crippen LogP contribution in [0, 0.1) is 0 Å². The first-order valence-electron chi connectivity index (χ1n) is 5.73. The minimum atomic E-state index is -4.63. The molecule has 0 aliphatic rings. The number of likely N-dealkylation sites (N-methyl/N-ethyl adjacent to an activating group) is 1. The third kappa shape index (κ3) is 3.19. The van der Waals surface area contributed by atoms with Crippen molar-refractivity contribution in [2.45, 2.75) is 25.6 Å². The van der Waals surface area contributed by atoms with Gasteiger partial charge in [0.1, 0.15) is 11.5 Å². The summed E-state index contributed by atoms with van der Waals surface area (Å²) < 4.78 is 38.1. The number of pyridine rings is 1. The van der Waals surface area contributed by atoms with E-state index in [2.05, 4.69) is 4.98 Å². The number of hydrogen-bond donors (Lipinski definition) is 2. The number of aliphatic hydroxyl groups is 1. The molecule has 112 valence electrons. The lowest BCUT2D eigenvalue weighted by atomic mass is 10.0. The molecule has 8 heteroatoms. The van der Waals surface area contributed by atoms with Gasteiger partial charge in [0.2, 0.25) is 0 Å². The molecule has 0 aromatic carbocycles. The van der Waals surface area contributed by atoms with Gasteiger partial charge in [-0.05, 0) is 26.0 Å². The van der Waals surface area contributed by atoms with Crippen molar-refractivity contribution in [2.24, 2.45) is 5.73 Å². The van der Waals surface area contributed by atoms with Crippen LogP contribution < -0.4 is 10.6 Å². The molecule has 0 unspecified atom stereocenters. The molecule has 0 aliphatic carbocycles. The van der Waals surface area contributed by atoms with Gasteiger partial charge in [-0.1, -0.05) is 0 Å². The Morgan fingerprint density at radius 2 is 1.95 bits per heavy atom. The van der Waals surface area contributed by atoms with Crippen LogP contribution in [0.2, 0.25) is 0 Å². The number of rotatable bonds is 4. The van der Waals surface area contributed by atoms with E-state index in [1.807, 2.05) is 0 Å². The first-order valence-corrected chi connectivity index (χ1v) is 5.73. The monoisotopic (exact) mass is 291 g/mol. The Morgan fingerprint density at radius 3 is 2.35 bits per heavy atom.